The maximum atomic E-state index is 12.6. The quantitative estimate of drug-likeness (QED) is 0.801. The van der Waals surface area contributed by atoms with E-state index < -0.39 is 0 Å². The molecule has 0 atom stereocenters. The van der Waals surface area contributed by atoms with Crippen LogP contribution in [-0.2, 0) is 0 Å². The third kappa shape index (κ3) is 5.41. The number of fused-ring (bicyclic) bond motifs is 1. The fourth-order valence-electron chi connectivity index (χ4n) is 3.62. The number of carbonyl (C=O) groups excluding carboxylic acids is 1. The summed E-state index contributed by atoms with van der Waals surface area (Å²) in [5.74, 6) is 1.94. The fraction of sp³-hybridized carbons (Fsp3) is 0.435. The number of nitrogens with one attached hydrogen (secondary N) is 1. The lowest BCUT2D eigenvalue weighted by Gasteiger charge is -2.26. The van der Waals surface area contributed by atoms with E-state index in [1.807, 2.05) is 24.3 Å². The highest BCUT2D eigenvalue weighted by Gasteiger charge is 2.14. The smallest absolute Gasteiger partial charge is 0.255 e. The number of likely N-dealkylation sites (tertiary alicyclic amines) is 1. The summed E-state index contributed by atoms with van der Waals surface area (Å²) in [7, 11) is 0. The summed E-state index contributed by atoms with van der Waals surface area (Å²) < 4.78 is 17.1. The molecule has 2 aromatic carbocycles. The molecule has 1 amide bonds. The first-order valence-corrected chi connectivity index (χ1v) is 10.4. The van der Waals surface area contributed by atoms with Crippen molar-refractivity contribution >= 4 is 11.6 Å². The molecule has 2 aliphatic heterocycles. The first kappa shape index (κ1) is 19.6. The molecule has 2 aliphatic rings. The second kappa shape index (κ2) is 9.65. The molecule has 2 aromatic rings. The van der Waals surface area contributed by atoms with E-state index in [1.165, 1.54) is 32.4 Å². The van der Waals surface area contributed by atoms with E-state index in [0.717, 1.165) is 24.4 Å². The zero-order valence-corrected chi connectivity index (χ0v) is 16.7. The van der Waals surface area contributed by atoms with Crippen LogP contribution in [0.2, 0.25) is 0 Å². The van der Waals surface area contributed by atoms with Crippen molar-refractivity contribution < 1.29 is 19.0 Å². The van der Waals surface area contributed by atoms with E-state index in [4.69, 9.17) is 14.2 Å². The van der Waals surface area contributed by atoms with Gasteiger partial charge in [0.05, 0.1) is 13.2 Å². The van der Waals surface area contributed by atoms with Crippen LogP contribution in [0.25, 0.3) is 0 Å². The Kier molecular flexibility index (Phi) is 6.52. The third-order valence-electron chi connectivity index (χ3n) is 5.25. The molecule has 4 rings (SSSR count). The number of ether oxygens (including phenoxy) is 3. The van der Waals surface area contributed by atoms with E-state index in [-0.39, 0.29) is 5.91 Å². The third-order valence-corrected chi connectivity index (χ3v) is 5.25. The molecule has 2 heterocycles. The van der Waals surface area contributed by atoms with Gasteiger partial charge in [0.1, 0.15) is 12.4 Å². The topological polar surface area (TPSA) is 60.0 Å². The minimum atomic E-state index is -0.181. The van der Waals surface area contributed by atoms with Crippen LogP contribution in [0.5, 0.6) is 17.2 Å². The number of carbonyl (C=O) groups is 1. The van der Waals surface area contributed by atoms with Gasteiger partial charge in [0, 0.05) is 24.2 Å². The highest BCUT2D eigenvalue weighted by atomic mass is 16.5. The number of nitrogens with zero attached hydrogens (tertiary/aromatic N) is 1. The lowest BCUT2D eigenvalue weighted by molar-refractivity contribution is 0.102. The number of hydrogen-bond acceptors (Lipinski definition) is 5. The van der Waals surface area contributed by atoms with Crippen molar-refractivity contribution in [2.24, 2.45) is 0 Å². The summed E-state index contributed by atoms with van der Waals surface area (Å²) in [5.41, 5.74) is 1.27. The predicted molar refractivity (Wildman–Crippen MR) is 112 cm³/mol. The lowest BCUT2D eigenvalue weighted by atomic mass is 10.1. The van der Waals surface area contributed by atoms with Gasteiger partial charge in [-0.25, -0.2) is 0 Å². The molecule has 0 spiro atoms. The monoisotopic (exact) mass is 396 g/mol. The van der Waals surface area contributed by atoms with Gasteiger partial charge in [-0.3, -0.25) is 9.69 Å². The minimum absolute atomic E-state index is 0.181. The number of anilines is 1. The zero-order chi connectivity index (χ0) is 19.9. The normalized spacial score (nSPS) is 16.7. The molecule has 1 fully saturated rings. The highest BCUT2D eigenvalue weighted by Crippen LogP contribution is 2.30. The maximum Gasteiger partial charge on any atom is 0.255 e. The largest absolute Gasteiger partial charge is 0.492 e. The Labute approximate surface area is 171 Å². The highest BCUT2D eigenvalue weighted by molar-refractivity contribution is 6.04. The second-order valence-corrected chi connectivity index (χ2v) is 7.44. The fourth-order valence-corrected chi connectivity index (χ4v) is 3.62. The van der Waals surface area contributed by atoms with E-state index >= 15 is 0 Å². The first-order chi connectivity index (χ1) is 14.3. The van der Waals surface area contributed by atoms with Gasteiger partial charge >= 0.3 is 0 Å². The molecule has 0 aromatic heterocycles. The molecule has 29 heavy (non-hydrogen) atoms. The average Bonchev–Trinajstić information content (AvgIpc) is 3.00. The average molecular weight is 396 g/mol. The van der Waals surface area contributed by atoms with Crippen LogP contribution in [0.4, 0.5) is 5.69 Å². The van der Waals surface area contributed by atoms with Crippen LogP contribution in [0.1, 0.15) is 36.0 Å². The molecule has 1 saturated heterocycles. The summed E-state index contributed by atoms with van der Waals surface area (Å²) in [5, 5.41) is 2.92. The van der Waals surface area contributed by atoms with Crippen LogP contribution in [0.3, 0.4) is 0 Å². The maximum absolute atomic E-state index is 12.6. The predicted octanol–water partition coefficient (Wildman–Crippen LogP) is 3.96. The Morgan fingerprint density at radius 1 is 0.931 bits per heavy atom. The van der Waals surface area contributed by atoms with Crippen molar-refractivity contribution in [3.8, 4) is 17.2 Å². The number of amides is 1. The molecular formula is C23H28N2O4. The summed E-state index contributed by atoms with van der Waals surface area (Å²) in [6.07, 6.45) is 4.76. The molecule has 6 heteroatoms. The zero-order valence-electron chi connectivity index (χ0n) is 16.7. The van der Waals surface area contributed by atoms with E-state index in [2.05, 4.69) is 10.2 Å². The van der Waals surface area contributed by atoms with Crippen molar-refractivity contribution in [2.75, 3.05) is 44.8 Å². The van der Waals surface area contributed by atoms with Crippen LogP contribution in [0, 0.1) is 0 Å². The number of piperidine rings is 1. The SMILES string of the molecule is O=C(Nc1ccc(OCCN2CCCCC2)cc1)c1ccc2c(c1)OCCCO2. The summed E-state index contributed by atoms with van der Waals surface area (Å²) in [4.78, 5) is 15.0. The molecule has 6 nitrogen and oxygen atoms in total. The molecule has 0 aliphatic carbocycles. The van der Waals surface area contributed by atoms with Gasteiger partial charge in [0.15, 0.2) is 11.5 Å². The molecular weight excluding hydrogens is 368 g/mol. The lowest BCUT2D eigenvalue weighted by Crippen LogP contribution is -2.33. The van der Waals surface area contributed by atoms with Crippen LogP contribution >= 0.6 is 0 Å². The van der Waals surface area contributed by atoms with Crippen molar-refractivity contribution in [1.29, 1.82) is 0 Å². The Balaban J connectivity index is 1.29. The van der Waals surface area contributed by atoms with Gasteiger partial charge in [0.2, 0.25) is 0 Å². The second-order valence-electron chi connectivity index (χ2n) is 7.44. The van der Waals surface area contributed by atoms with Gasteiger partial charge < -0.3 is 19.5 Å². The minimum Gasteiger partial charge on any atom is -0.492 e. The van der Waals surface area contributed by atoms with Gasteiger partial charge in [-0.05, 0) is 68.4 Å². The summed E-state index contributed by atoms with van der Waals surface area (Å²) >= 11 is 0. The summed E-state index contributed by atoms with van der Waals surface area (Å²) in [6, 6.07) is 12.8. The van der Waals surface area contributed by atoms with Gasteiger partial charge in [-0.1, -0.05) is 6.42 Å². The molecule has 0 bridgehead atoms. The molecule has 0 saturated carbocycles. The Hall–Kier alpha value is -2.73. The van der Waals surface area contributed by atoms with Crippen molar-refractivity contribution in [1.82, 2.24) is 4.90 Å². The van der Waals surface area contributed by atoms with Gasteiger partial charge in [-0.15, -0.1) is 0 Å². The first-order valence-electron chi connectivity index (χ1n) is 10.4. The van der Waals surface area contributed by atoms with Crippen LogP contribution in [-0.4, -0.2) is 50.3 Å². The van der Waals surface area contributed by atoms with Gasteiger partial charge in [0.25, 0.3) is 5.91 Å². The van der Waals surface area contributed by atoms with E-state index in [9.17, 15) is 4.79 Å². The molecule has 0 unspecified atom stereocenters. The molecule has 1 N–H and O–H groups in total. The van der Waals surface area contributed by atoms with E-state index in [0.29, 0.717) is 36.9 Å². The Morgan fingerprint density at radius 2 is 1.69 bits per heavy atom. The summed E-state index contributed by atoms with van der Waals surface area (Å²) in [6.45, 7) is 5.22. The molecule has 154 valence electrons. The Bertz CT molecular complexity index is 816. The number of rotatable bonds is 6. The van der Waals surface area contributed by atoms with Crippen LogP contribution < -0.4 is 19.5 Å². The Morgan fingerprint density at radius 3 is 2.48 bits per heavy atom. The van der Waals surface area contributed by atoms with Crippen molar-refractivity contribution in [2.45, 2.75) is 25.7 Å². The van der Waals surface area contributed by atoms with Crippen molar-refractivity contribution in [3.63, 3.8) is 0 Å². The van der Waals surface area contributed by atoms with Crippen LogP contribution in [0.15, 0.2) is 42.5 Å². The molecule has 0 radical (unpaired) electrons. The number of hydrogen-bond donors (Lipinski definition) is 1. The van der Waals surface area contributed by atoms with Crippen molar-refractivity contribution in [3.05, 3.63) is 48.0 Å². The standard InChI is InChI=1S/C23H28N2O4/c26-23(18-5-10-21-22(17-18)29-15-4-14-28-21)24-19-6-8-20(9-7-19)27-16-13-25-11-2-1-3-12-25/h5-10,17H,1-4,11-16H2,(H,24,26). The van der Waals surface area contributed by atoms with Gasteiger partial charge in [-0.2, -0.15) is 0 Å². The van der Waals surface area contributed by atoms with E-state index in [1.54, 1.807) is 18.2 Å². The number of benzene rings is 2.